The van der Waals surface area contributed by atoms with Crippen LogP contribution < -0.4 is 21.3 Å². The Hall–Kier alpha value is -3.38. The van der Waals surface area contributed by atoms with E-state index >= 15 is 0 Å². The minimum Gasteiger partial charge on any atom is -0.363 e. The van der Waals surface area contributed by atoms with Crippen LogP contribution >= 0.6 is 12.2 Å². The third-order valence-electron chi connectivity index (χ3n) is 3.96. The molecule has 0 aliphatic heterocycles. The summed E-state index contributed by atoms with van der Waals surface area (Å²) in [6.45, 7) is 2.67. The third-order valence-corrected chi connectivity index (χ3v) is 4.21. The Labute approximate surface area is 170 Å². The fraction of sp³-hybridized carbons (Fsp3) is 0.0909. The lowest BCUT2D eigenvalue weighted by Crippen LogP contribution is -2.29. The summed E-state index contributed by atoms with van der Waals surface area (Å²) in [6.07, 6.45) is 0. The van der Waals surface area contributed by atoms with Crippen LogP contribution in [0, 0.1) is 0 Å². The van der Waals surface area contributed by atoms with Gasteiger partial charge >= 0.3 is 0 Å². The van der Waals surface area contributed by atoms with Crippen molar-refractivity contribution < 1.29 is 4.79 Å². The van der Waals surface area contributed by atoms with Crippen LogP contribution in [0.4, 0.5) is 22.7 Å². The van der Waals surface area contributed by atoms with E-state index in [0.717, 1.165) is 11.4 Å². The van der Waals surface area contributed by atoms with Gasteiger partial charge in [0.2, 0.25) is 0 Å². The molecule has 0 bridgehead atoms. The molecule has 0 saturated carbocycles. The Morgan fingerprint density at radius 3 is 2.11 bits per heavy atom. The molecule has 0 aliphatic rings. The molecule has 0 saturated heterocycles. The first kappa shape index (κ1) is 19.4. The van der Waals surface area contributed by atoms with Crippen molar-refractivity contribution in [1.82, 2.24) is 5.32 Å². The Bertz CT molecular complexity index is 942. The number of benzene rings is 3. The summed E-state index contributed by atoms with van der Waals surface area (Å²) in [6, 6.07) is 24.8. The average molecular weight is 391 g/mol. The van der Waals surface area contributed by atoms with Crippen LogP contribution in [-0.4, -0.2) is 17.6 Å². The van der Waals surface area contributed by atoms with Gasteiger partial charge in [0.05, 0.1) is 11.3 Å². The number of carbonyl (C=O) groups excluding carboxylic acids is 1. The highest BCUT2D eigenvalue weighted by molar-refractivity contribution is 7.80. The van der Waals surface area contributed by atoms with E-state index in [1.807, 2.05) is 79.7 Å². The average Bonchev–Trinajstić information content (AvgIpc) is 2.71. The normalized spacial score (nSPS) is 10.0. The summed E-state index contributed by atoms with van der Waals surface area (Å²) in [5.74, 6) is -0.203. The largest absolute Gasteiger partial charge is 0.363 e. The Morgan fingerprint density at radius 1 is 0.786 bits per heavy atom. The first-order valence-corrected chi connectivity index (χ1v) is 9.44. The molecule has 142 valence electrons. The molecule has 0 unspecified atom stereocenters. The van der Waals surface area contributed by atoms with Gasteiger partial charge in [-0.15, -0.1) is 0 Å². The number of para-hydroxylation sites is 2. The number of rotatable bonds is 6. The fourth-order valence-electron chi connectivity index (χ4n) is 2.64. The van der Waals surface area contributed by atoms with Crippen LogP contribution in [-0.2, 0) is 0 Å². The molecular weight excluding hydrogens is 368 g/mol. The van der Waals surface area contributed by atoms with Crippen LogP contribution in [0.25, 0.3) is 0 Å². The summed E-state index contributed by atoms with van der Waals surface area (Å²) < 4.78 is 0. The quantitative estimate of drug-likeness (QED) is 0.447. The first-order chi connectivity index (χ1) is 13.7. The molecule has 3 rings (SSSR count). The van der Waals surface area contributed by atoms with Crippen molar-refractivity contribution >= 4 is 46.0 Å². The number of nitrogens with one attached hydrogen (secondary N) is 4. The van der Waals surface area contributed by atoms with E-state index in [9.17, 15) is 4.79 Å². The zero-order valence-corrected chi connectivity index (χ0v) is 16.3. The minimum atomic E-state index is -0.203. The smallest absolute Gasteiger partial charge is 0.257 e. The summed E-state index contributed by atoms with van der Waals surface area (Å²) in [7, 11) is 0. The van der Waals surface area contributed by atoms with Gasteiger partial charge in [-0.3, -0.25) is 4.79 Å². The molecule has 1 amide bonds. The molecule has 5 nitrogen and oxygen atoms in total. The molecule has 3 aromatic carbocycles. The molecular formula is C22H22N4OS. The highest BCUT2D eigenvalue weighted by Crippen LogP contribution is 2.21. The molecule has 0 aliphatic carbocycles. The van der Waals surface area contributed by atoms with Crippen molar-refractivity contribution in [2.24, 2.45) is 0 Å². The second-order valence-corrected chi connectivity index (χ2v) is 6.46. The fourth-order valence-corrected chi connectivity index (χ4v) is 2.89. The lowest BCUT2D eigenvalue weighted by atomic mass is 10.1. The highest BCUT2D eigenvalue weighted by Gasteiger charge is 2.12. The molecule has 28 heavy (non-hydrogen) atoms. The second-order valence-electron chi connectivity index (χ2n) is 6.05. The number of amides is 1. The van der Waals surface area contributed by atoms with Crippen LogP contribution in [0.1, 0.15) is 17.3 Å². The summed E-state index contributed by atoms with van der Waals surface area (Å²) in [4.78, 5) is 12.7. The van der Waals surface area contributed by atoms with Crippen molar-refractivity contribution in [1.29, 1.82) is 0 Å². The number of hydrogen-bond acceptors (Lipinski definition) is 3. The van der Waals surface area contributed by atoms with Gasteiger partial charge in [0, 0.05) is 23.6 Å². The molecule has 6 heteroatoms. The topological polar surface area (TPSA) is 65.2 Å². The van der Waals surface area contributed by atoms with Crippen molar-refractivity contribution in [2.45, 2.75) is 6.92 Å². The van der Waals surface area contributed by atoms with E-state index in [-0.39, 0.29) is 5.91 Å². The molecule has 0 aromatic heterocycles. The molecule has 0 atom stereocenters. The molecule has 4 N–H and O–H groups in total. The van der Waals surface area contributed by atoms with Crippen molar-refractivity contribution in [3.8, 4) is 0 Å². The number of hydrogen-bond donors (Lipinski definition) is 4. The van der Waals surface area contributed by atoms with Crippen molar-refractivity contribution in [2.75, 3.05) is 22.5 Å². The summed E-state index contributed by atoms with van der Waals surface area (Å²) in [5, 5.41) is 12.8. The van der Waals surface area contributed by atoms with Gasteiger partial charge in [-0.25, -0.2) is 0 Å². The van der Waals surface area contributed by atoms with Crippen LogP contribution in [0.3, 0.4) is 0 Å². The van der Waals surface area contributed by atoms with E-state index in [0.29, 0.717) is 28.6 Å². The predicted molar refractivity (Wildman–Crippen MR) is 120 cm³/mol. The summed E-state index contributed by atoms with van der Waals surface area (Å²) in [5.41, 5.74) is 3.86. The maximum Gasteiger partial charge on any atom is 0.257 e. The van der Waals surface area contributed by atoms with Gasteiger partial charge in [0.15, 0.2) is 5.11 Å². The van der Waals surface area contributed by atoms with Crippen LogP contribution in [0.5, 0.6) is 0 Å². The zero-order chi connectivity index (χ0) is 19.8. The molecule has 0 spiro atoms. The lowest BCUT2D eigenvalue weighted by molar-refractivity contribution is 0.102. The number of anilines is 4. The SMILES string of the molecule is CCNC(=S)Nc1ccccc1C(=O)Nc1ccc(Nc2ccccc2)cc1. The Kier molecular flexibility index (Phi) is 6.59. The minimum absolute atomic E-state index is 0.203. The third kappa shape index (κ3) is 5.31. The highest BCUT2D eigenvalue weighted by atomic mass is 32.1. The Morgan fingerprint density at radius 2 is 1.39 bits per heavy atom. The number of thiocarbonyl (C=S) groups is 1. The predicted octanol–water partition coefficient (Wildman–Crippen LogP) is 4.99. The van der Waals surface area contributed by atoms with Gasteiger partial charge < -0.3 is 21.3 Å². The van der Waals surface area contributed by atoms with E-state index in [2.05, 4.69) is 21.3 Å². The van der Waals surface area contributed by atoms with Crippen molar-refractivity contribution in [3.63, 3.8) is 0 Å². The first-order valence-electron chi connectivity index (χ1n) is 9.03. The lowest BCUT2D eigenvalue weighted by Gasteiger charge is -2.13. The van der Waals surface area contributed by atoms with Gasteiger partial charge in [-0.2, -0.15) is 0 Å². The monoisotopic (exact) mass is 390 g/mol. The summed E-state index contributed by atoms with van der Waals surface area (Å²) >= 11 is 5.22. The molecule has 0 heterocycles. The molecule has 0 fully saturated rings. The maximum atomic E-state index is 12.7. The maximum absolute atomic E-state index is 12.7. The van der Waals surface area contributed by atoms with E-state index in [1.54, 1.807) is 6.07 Å². The van der Waals surface area contributed by atoms with Crippen LogP contribution in [0.2, 0.25) is 0 Å². The van der Waals surface area contributed by atoms with E-state index < -0.39 is 0 Å². The number of carbonyl (C=O) groups is 1. The second kappa shape index (κ2) is 9.53. The van der Waals surface area contributed by atoms with E-state index in [4.69, 9.17) is 12.2 Å². The van der Waals surface area contributed by atoms with Gasteiger partial charge in [0.25, 0.3) is 5.91 Å². The van der Waals surface area contributed by atoms with E-state index in [1.165, 1.54) is 0 Å². The molecule has 0 radical (unpaired) electrons. The van der Waals surface area contributed by atoms with Gasteiger partial charge in [0.1, 0.15) is 0 Å². The Balaban J connectivity index is 1.67. The van der Waals surface area contributed by atoms with Gasteiger partial charge in [-0.1, -0.05) is 30.3 Å². The van der Waals surface area contributed by atoms with Crippen LogP contribution in [0.15, 0.2) is 78.9 Å². The standard InChI is InChI=1S/C22H22N4OS/c1-2-23-22(28)26-20-11-7-6-10-19(20)21(27)25-18-14-12-17(13-15-18)24-16-8-4-3-5-9-16/h3-15,24H,2H2,1H3,(H,25,27)(H2,23,26,28). The molecule has 3 aromatic rings. The van der Waals surface area contributed by atoms with Gasteiger partial charge in [-0.05, 0) is 67.7 Å². The zero-order valence-electron chi connectivity index (χ0n) is 15.5. The van der Waals surface area contributed by atoms with Crippen molar-refractivity contribution in [3.05, 3.63) is 84.4 Å².